The van der Waals surface area contributed by atoms with Gasteiger partial charge >= 0.3 is 6.03 Å². The van der Waals surface area contributed by atoms with Gasteiger partial charge in [0.15, 0.2) is 0 Å². The largest absolute Gasteiger partial charge is 0.395 e. The highest BCUT2D eigenvalue weighted by atomic mass is 32.1. The van der Waals surface area contributed by atoms with E-state index < -0.39 is 0 Å². The number of hydrogen-bond acceptors (Lipinski definition) is 4. The lowest BCUT2D eigenvalue weighted by Crippen LogP contribution is -2.39. The van der Waals surface area contributed by atoms with Crippen LogP contribution in [0, 0.1) is 6.92 Å². The Hall–Kier alpha value is -1.92. The van der Waals surface area contributed by atoms with Crippen molar-refractivity contribution in [3.8, 4) is 10.6 Å². The summed E-state index contributed by atoms with van der Waals surface area (Å²) in [6.07, 6.45) is 0. The minimum Gasteiger partial charge on any atom is -0.395 e. The lowest BCUT2D eigenvalue weighted by molar-refractivity contribution is 0.188. The van der Waals surface area contributed by atoms with E-state index in [1.165, 1.54) is 4.90 Å². The fourth-order valence-corrected chi connectivity index (χ4v) is 3.20. The molecule has 0 aliphatic carbocycles. The van der Waals surface area contributed by atoms with E-state index in [0.717, 1.165) is 21.1 Å². The Bertz CT molecular complexity index is 628. The summed E-state index contributed by atoms with van der Waals surface area (Å²) in [6, 6.07) is 9.69. The van der Waals surface area contributed by atoms with Crippen molar-refractivity contribution in [3.05, 3.63) is 40.9 Å². The highest BCUT2D eigenvalue weighted by Crippen LogP contribution is 2.31. The number of amides is 2. The molecule has 22 heavy (non-hydrogen) atoms. The quantitative estimate of drug-likeness (QED) is 0.890. The molecule has 1 unspecified atom stereocenters. The average Bonchev–Trinajstić information content (AvgIpc) is 2.90. The molecule has 1 aromatic heterocycles. The third kappa shape index (κ3) is 3.84. The van der Waals surface area contributed by atoms with E-state index in [9.17, 15) is 4.79 Å². The van der Waals surface area contributed by atoms with Crippen LogP contribution in [0.15, 0.2) is 30.3 Å². The van der Waals surface area contributed by atoms with Crippen LogP contribution in [0.4, 0.5) is 4.79 Å². The van der Waals surface area contributed by atoms with E-state index >= 15 is 0 Å². The van der Waals surface area contributed by atoms with Crippen LogP contribution in [0.1, 0.15) is 23.5 Å². The first-order chi connectivity index (χ1) is 10.5. The van der Waals surface area contributed by atoms with Gasteiger partial charge in [-0.15, -0.1) is 11.3 Å². The van der Waals surface area contributed by atoms with Crippen molar-refractivity contribution in [1.29, 1.82) is 0 Å². The highest BCUT2D eigenvalue weighted by Gasteiger charge is 2.18. The molecule has 6 heteroatoms. The maximum absolute atomic E-state index is 12.0. The third-order valence-corrected chi connectivity index (χ3v) is 4.76. The number of aromatic nitrogens is 1. The molecule has 0 spiro atoms. The molecule has 0 bridgehead atoms. The zero-order valence-corrected chi connectivity index (χ0v) is 13.9. The number of carbonyl (C=O) groups excluding carboxylic acids is 1. The van der Waals surface area contributed by atoms with Gasteiger partial charge in [0.1, 0.15) is 5.01 Å². The molecule has 0 saturated carbocycles. The van der Waals surface area contributed by atoms with Crippen molar-refractivity contribution in [2.75, 3.05) is 20.2 Å². The number of rotatable bonds is 5. The van der Waals surface area contributed by atoms with Crippen LogP contribution in [0.25, 0.3) is 10.6 Å². The van der Waals surface area contributed by atoms with E-state index in [1.54, 1.807) is 18.4 Å². The van der Waals surface area contributed by atoms with Crippen LogP contribution >= 0.6 is 11.3 Å². The van der Waals surface area contributed by atoms with Crippen molar-refractivity contribution in [1.82, 2.24) is 15.2 Å². The van der Waals surface area contributed by atoms with Gasteiger partial charge in [0.05, 0.1) is 23.2 Å². The normalized spacial score (nSPS) is 12.0. The summed E-state index contributed by atoms with van der Waals surface area (Å²) in [5.41, 5.74) is 2.01. The highest BCUT2D eigenvalue weighted by molar-refractivity contribution is 7.15. The minimum atomic E-state index is -0.199. The Morgan fingerprint density at radius 1 is 1.41 bits per heavy atom. The monoisotopic (exact) mass is 319 g/mol. The van der Waals surface area contributed by atoms with Gasteiger partial charge < -0.3 is 15.3 Å². The Balaban J connectivity index is 2.12. The lowest BCUT2D eigenvalue weighted by atomic mass is 10.2. The molecule has 0 aliphatic heterocycles. The van der Waals surface area contributed by atoms with Gasteiger partial charge in [-0.25, -0.2) is 9.78 Å². The predicted octanol–water partition coefficient (Wildman–Crippen LogP) is 2.81. The Morgan fingerprint density at radius 2 is 2.09 bits per heavy atom. The molecule has 0 saturated heterocycles. The second-order valence-corrected chi connectivity index (χ2v) is 6.18. The van der Waals surface area contributed by atoms with Crippen molar-refractivity contribution >= 4 is 17.4 Å². The van der Waals surface area contributed by atoms with Crippen LogP contribution < -0.4 is 5.32 Å². The van der Waals surface area contributed by atoms with Gasteiger partial charge in [-0.1, -0.05) is 30.3 Å². The summed E-state index contributed by atoms with van der Waals surface area (Å²) in [7, 11) is 1.66. The second kappa shape index (κ2) is 7.38. The van der Waals surface area contributed by atoms with Gasteiger partial charge in [-0.3, -0.25) is 0 Å². The molecule has 118 valence electrons. The van der Waals surface area contributed by atoms with Crippen LogP contribution in [0.5, 0.6) is 0 Å². The van der Waals surface area contributed by atoms with Crippen molar-refractivity contribution in [2.45, 2.75) is 19.9 Å². The number of hydrogen-bond donors (Lipinski definition) is 2. The zero-order chi connectivity index (χ0) is 16.1. The number of aryl methyl sites for hydroxylation is 1. The first-order valence-corrected chi connectivity index (χ1v) is 7.99. The van der Waals surface area contributed by atoms with E-state index in [4.69, 9.17) is 5.11 Å². The summed E-state index contributed by atoms with van der Waals surface area (Å²) in [5, 5.41) is 12.8. The average molecular weight is 319 g/mol. The summed E-state index contributed by atoms with van der Waals surface area (Å²) < 4.78 is 0. The van der Waals surface area contributed by atoms with Crippen molar-refractivity contribution in [2.24, 2.45) is 0 Å². The Kier molecular flexibility index (Phi) is 5.51. The first kappa shape index (κ1) is 16.5. The third-order valence-electron chi connectivity index (χ3n) is 3.37. The van der Waals surface area contributed by atoms with Crippen LogP contribution in [-0.4, -0.2) is 41.2 Å². The Labute approximate surface area is 134 Å². The zero-order valence-electron chi connectivity index (χ0n) is 13.0. The number of nitrogens with one attached hydrogen (secondary N) is 1. The van der Waals surface area contributed by atoms with Crippen LogP contribution in [0.2, 0.25) is 0 Å². The summed E-state index contributed by atoms with van der Waals surface area (Å²) in [4.78, 5) is 19.1. The maximum Gasteiger partial charge on any atom is 0.317 e. The molecule has 2 amide bonds. The Morgan fingerprint density at radius 3 is 2.73 bits per heavy atom. The van der Waals surface area contributed by atoms with Gasteiger partial charge in [0.25, 0.3) is 0 Å². The van der Waals surface area contributed by atoms with E-state index in [-0.39, 0.29) is 18.7 Å². The SMILES string of the molecule is Cc1nc(-c2ccccc2)sc1C(C)NC(=O)N(C)CCO. The number of carbonyl (C=O) groups is 1. The number of likely N-dealkylation sites (N-methyl/N-ethyl adjacent to an activating group) is 1. The predicted molar refractivity (Wildman–Crippen MR) is 88.9 cm³/mol. The van der Waals surface area contributed by atoms with Crippen molar-refractivity contribution < 1.29 is 9.90 Å². The molecule has 0 fully saturated rings. The minimum absolute atomic E-state index is 0.0456. The molecule has 1 atom stereocenters. The van der Waals surface area contributed by atoms with Gasteiger partial charge in [-0.05, 0) is 13.8 Å². The topological polar surface area (TPSA) is 65.5 Å². The molecule has 5 nitrogen and oxygen atoms in total. The van der Waals surface area contributed by atoms with E-state index in [0.29, 0.717) is 6.54 Å². The standard InChI is InChI=1S/C16H21N3O2S/c1-11-14(12(2)18-16(21)19(3)9-10-20)22-15(17-11)13-7-5-4-6-8-13/h4-8,12,20H,9-10H2,1-3H3,(H,18,21). The molecule has 0 aliphatic rings. The number of nitrogens with zero attached hydrogens (tertiary/aromatic N) is 2. The van der Waals surface area contributed by atoms with Gasteiger partial charge in [-0.2, -0.15) is 0 Å². The summed E-state index contributed by atoms with van der Waals surface area (Å²) in [5.74, 6) is 0. The fourth-order valence-electron chi connectivity index (χ4n) is 2.13. The molecule has 1 heterocycles. The van der Waals surface area contributed by atoms with E-state index in [2.05, 4.69) is 10.3 Å². The lowest BCUT2D eigenvalue weighted by Gasteiger charge is -2.20. The van der Waals surface area contributed by atoms with Crippen LogP contribution in [-0.2, 0) is 0 Å². The van der Waals surface area contributed by atoms with Gasteiger partial charge in [0, 0.05) is 19.2 Å². The van der Waals surface area contributed by atoms with Crippen LogP contribution in [0.3, 0.4) is 0 Å². The number of aliphatic hydroxyl groups excluding tert-OH is 1. The number of aliphatic hydroxyl groups is 1. The number of benzene rings is 1. The smallest absolute Gasteiger partial charge is 0.317 e. The molecule has 2 aromatic rings. The molecule has 2 N–H and O–H groups in total. The molecular formula is C16H21N3O2S. The van der Waals surface area contributed by atoms with Crippen molar-refractivity contribution in [3.63, 3.8) is 0 Å². The van der Waals surface area contributed by atoms with E-state index in [1.807, 2.05) is 44.2 Å². The molecule has 2 rings (SSSR count). The summed E-state index contributed by atoms with van der Waals surface area (Å²) >= 11 is 1.59. The first-order valence-electron chi connectivity index (χ1n) is 7.18. The molecule has 0 radical (unpaired) electrons. The number of urea groups is 1. The molecular weight excluding hydrogens is 298 g/mol. The van der Waals surface area contributed by atoms with Gasteiger partial charge in [0.2, 0.25) is 0 Å². The molecule has 1 aromatic carbocycles. The number of thiazole rings is 1. The second-order valence-electron chi connectivity index (χ2n) is 5.15. The summed E-state index contributed by atoms with van der Waals surface area (Å²) in [6.45, 7) is 4.17. The fraction of sp³-hybridized carbons (Fsp3) is 0.375. The maximum atomic E-state index is 12.0.